The van der Waals surface area contributed by atoms with Gasteiger partial charge in [0.25, 0.3) is 5.91 Å². The van der Waals surface area contributed by atoms with Gasteiger partial charge in [-0.15, -0.1) is 0 Å². The molecule has 2 heterocycles. The Morgan fingerprint density at radius 3 is 2.53 bits per heavy atom. The molecule has 2 aliphatic rings. The molecule has 2 amide bonds. The molecular formula is C23H28N4O3. The van der Waals surface area contributed by atoms with Crippen molar-refractivity contribution in [3.63, 3.8) is 0 Å². The van der Waals surface area contributed by atoms with Crippen LogP contribution in [-0.4, -0.2) is 37.0 Å². The summed E-state index contributed by atoms with van der Waals surface area (Å²) in [5.74, 6) is 0.310. The third kappa shape index (κ3) is 4.50. The zero-order chi connectivity index (χ0) is 21.1. The summed E-state index contributed by atoms with van der Waals surface area (Å²) in [6.07, 6.45) is 3.26. The summed E-state index contributed by atoms with van der Waals surface area (Å²) in [6.45, 7) is 5.69. The molecule has 0 saturated carbocycles. The Labute approximate surface area is 176 Å². The molecule has 0 radical (unpaired) electrons. The smallest absolute Gasteiger partial charge is 0.265 e. The second-order valence-corrected chi connectivity index (χ2v) is 7.91. The fraction of sp³-hybridized carbons (Fsp3) is 0.391. The molecule has 1 fully saturated rings. The number of piperidine rings is 1. The first-order valence-electron chi connectivity index (χ1n) is 10.5. The number of hydrogen-bond donors (Lipinski definition) is 3. The average molecular weight is 409 g/mol. The van der Waals surface area contributed by atoms with Gasteiger partial charge in [0.1, 0.15) is 11.8 Å². The minimum absolute atomic E-state index is 0.132. The summed E-state index contributed by atoms with van der Waals surface area (Å²) < 4.78 is 5.56. The summed E-state index contributed by atoms with van der Waals surface area (Å²) in [7, 11) is 0. The first-order valence-corrected chi connectivity index (χ1v) is 10.5. The van der Waals surface area contributed by atoms with Crippen molar-refractivity contribution in [2.45, 2.75) is 45.3 Å². The molecule has 0 aliphatic carbocycles. The molecule has 1 saturated heterocycles. The van der Waals surface area contributed by atoms with E-state index in [2.05, 4.69) is 33.0 Å². The Bertz CT molecular complexity index is 923. The van der Waals surface area contributed by atoms with E-state index in [-0.39, 0.29) is 11.8 Å². The topological polar surface area (TPSA) is 82.7 Å². The monoisotopic (exact) mass is 408 g/mol. The van der Waals surface area contributed by atoms with Crippen molar-refractivity contribution in [3.05, 3.63) is 42.5 Å². The summed E-state index contributed by atoms with van der Waals surface area (Å²) in [6, 6.07) is 13.0. The zero-order valence-corrected chi connectivity index (χ0v) is 17.4. The maximum absolute atomic E-state index is 12.6. The maximum Gasteiger partial charge on any atom is 0.265 e. The molecule has 0 unspecified atom stereocenters. The van der Waals surface area contributed by atoms with Crippen LogP contribution in [0, 0.1) is 0 Å². The highest BCUT2D eigenvalue weighted by Gasteiger charge is 2.24. The fourth-order valence-corrected chi connectivity index (χ4v) is 3.77. The van der Waals surface area contributed by atoms with Crippen molar-refractivity contribution < 1.29 is 14.3 Å². The van der Waals surface area contributed by atoms with E-state index >= 15 is 0 Å². The highest BCUT2D eigenvalue weighted by atomic mass is 16.5. The number of carbonyl (C=O) groups is 2. The molecule has 158 valence electrons. The summed E-state index contributed by atoms with van der Waals surface area (Å²) >= 11 is 0. The van der Waals surface area contributed by atoms with Crippen LogP contribution in [0.5, 0.6) is 5.75 Å². The van der Waals surface area contributed by atoms with E-state index in [4.69, 9.17) is 4.74 Å². The number of ether oxygens (including phenoxy) is 1. The van der Waals surface area contributed by atoms with Crippen LogP contribution < -0.4 is 25.6 Å². The third-order valence-corrected chi connectivity index (χ3v) is 5.54. The summed E-state index contributed by atoms with van der Waals surface area (Å²) in [5.41, 5.74) is 3.31. The van der Waals surface area contributed by atoms with Gasteiger partial charge in [-0.05, 0) is 75.6 Å². The third-order valence-electron chi connectivity index (χ3n) is 5.54. The molecule has 2 aromatic carbocycles. The van der Waals surface area contributed by atoms with Gasteiger partial charge in [-0.2, -0.15) is 0 Å². The average Bonchev–Trinajstić information content (AvgIpc) is 2.76. The van der Waals surface area contributed by atoms with Gasteiger partial charge in [0.15, 0.2) is 6.10 Å². The molecule has 2 aliphatic heterocycles. The number of fused-ring (bicyclic) bond motifs is 1. The largest absolute Gasteiger partial charge is 0.479 e. The van der Waals surface area contributed by atoms with E-state index in [0.29, 0.717) is 11.4 Å². The van der Waals surface area contributed by atoms with Crippen LogP contribution >= 0.6 is 0 Å². The predicted molar refractivity (Wildman–Crippen MR) is 119 cm³/mol. The molecule has 0 bridgehead atoms. The quantitative estimate of drug-likeness (QED) is 0.700. The number of rotatable bonds is 5. The summed E-state index contributed by atoms with van der Waals surface area (Å²) in [5, 5.41) is 8.94. The van der Waals surface area contributed by atoms with E-state index in [9.17, 15) is 9.59 Å². The summed E-state index contributed by atoms with van der Waals surface area (Å²) in [4.78, 5) is 26.8. The number of hydrogen-bond acceptors (Lipinski definition) is 5. The van der Waals surface area contributed by atoms with Crippen molar-refractivity contribution in [1.82, 2.24) is 0 Å². The molecule has 7 nitrogen and oxygen atoms in total. The van der Waals surface area contributed by atoms with Gasteiger partial charge in [0.2, 0.25) is 5.91 Å². The van der Waals surface area contributed by atoms with Crippen LogP contribution in [0.4, 0.5) is 22.7 Å². The van der Waals surface area contributed by atoms with Crippen LogP contribution in [0.25, 0.3) is 0 Å². The van der Waals surface area contributed by atoms with Gasteiger partial charge in [-0.1, -0.05) is 0 Å². The van der Waals surface area contributed by atoms with Gasteiger partial charge in [0, 0.05) is 30.2 Å². The van der Waals surface area contributed by atoms with Crippen LogP contribution in [0.3, 0.4) is 0 Å². The molecule has 4 rings (SSSR count). The number of benzene rings is 2. The van der Waals surface area contributed by atoms with Gasteiger partial charge in [-0.3, -0.25) is 9.59 Å². The molecule has 2 aromatic rings. The number of nitrogens with one attached hydrogen (secondary N) is 3. The Morgan fingerprint density at radius 2 is 1.80 bits per heavy atom. The van der Waals surface area contributed by atoms with Gasteiger partial charge in [-0.25, -0.2) is 0 Å². The molecular weight excluding hydrogens is 380 g/mol. The number of nitrogens with zero attached hydrogens (tertiary/aromatic N) is 1. The van der Waals surface area contributed by atoms with Crippen LogP contribution in [0.2, 0.25) is 0 Å². The number of carbonyl (C=O) groups excluding carboxylic acids is 2. The molecule has 0 aromatic heterocycles. The molecule has 0 spiro atoms. The van der Waals surface area contributed by atoms with Crippen molar-refractivity contribution >= 4 is 34.6 Å². The normalized spacial score (nSPS) is 19.2. The highest BCUT2D eigenvalue weighted by Crippen LogP contribution is 2.32. The van der Waals surface area contributed by atoms with Crippen LogP contribution in [-0.2, 0) is 9.59 Å². The van der Waals surface area contributed by atoms with Crippen molar-refractivity contribution in [2.75, 3.05) is 33.9 Å². The Kier molecular flexibility index (Phi) is 5.79. The van der Waals surface area contributed by atoms with E-state index in [1.165, 1.54) is 24.9 Å². The minimum Gasteiger partial charge on any atom is -0.479 e. The molecule has 3 N–H and O–H groups in total. The van der Waals surface area contributed by atoms with Crippen molar-refractivity contribution in [2.24, 2.45) is 0 Å². The lowest BCUT2D eigenvalue weighted by Gasteiger charge is -2.29. The van der Waals surface area contributed by atoms with Crippen LogP contribution in [0.1, 0.15) is 33.1 Å². The lowest BCUT2D eigenvalue weighted by molar-refractivity contribution is -0.122. The zero-order valence-electron chi connectivity index (χ0n) is 17.4. The van der Waals surface area contributed by atoms with Gasteiger partial charge < -0.3 is 25.6 Å². The van der Waals surface area contributed by atoms with Crippen molar-refractivity contribution in [1.29, 1.82) is 0 Å². The van der Waals surface area contributed by atoms with Crippen molar-refractivity contribution in [3.8, 4) is 5.75 Å². The first kappa shape index (κ1) is 20.1. The van der Waals surface area contributed by atoms with E-state index in [0.717, 1.165) is 24.5 Å². The Hall–Kier alpha value is -3.22. The molecule has 2 atom stereocenters. The van der Waals surface area contributed by atoms with E-state index in [1.54, 1.807) is 26.0 Å². The van der Waals surface area contributed by atoms with E-state index in [1.807, 2.05) is 18.2 Å². The first-order chi connectivity index (χ1) is 14.5. The van der Waals surface area contributed by atoms with Gasteiger partial charge >= 0.3 is 0 Å². The Morgan fingerprint density at radius 1 is 1.10 bits per heavy atom. The Balaban J connectivity index is 1.35. The van der Waals surface area contributed by atoms with E-state index < -0.39 is 12.1 Å². The second kappa shape index (κ2) is 8.65. The number of amides is 2. The molecule has 30 heavy (non-hydrogen) atoms. The van der Waals surface area contributed by atoms with Gasteiger partial charge in [0.05, 0.1) is 5.69 Å². The SMILES string of the molecule is C[C@@H]1Oc2ccc(N[C@H](C)C(=O)Nc3ccc(N4CCCCC4)cc3)cc2NC1=O. The maximum atomic E-state index is 12.6. The predicted octanol–water partition coefficient (Wildman–Crippen LogP) is 3.84. The minimum atomic E-state index is -0.512. The lowest BCUT2D eigenvalue weighted by atomic mass is 10.1. The standard InChI is InChI=1S/C23H28N4O3/c1-15(24-18-8-11-21-20(14-18)26-23(29)16(2)30-21)22(28)25-17-6-9-19(10-7-17)27-12-4-3-5-13-27/h6-11,14-16,24H,3-5,12-13H2,1-2H3,(H,25,28)(H,26,29)/t15-,16+/m1/s1. The highest BCUT2D eigenvalue weighted by molar-refractivity contribution is 5.99. The number of anilines is 4. The fourth-order valence-electron chi connectivity index (χ4n) is 3.77. The lowest BCUT2D eigenvalue weighted by Crippen LogP contribution is -2.34. The second-order valence-electron chi connectivity index (χ2n) is 7.91. The van der Waals surface area contributed by atoms with Crippen LogP contribution in [0.15, 0.2) is 42.5 Å². The molecule has 7 heteroatoms.